The number of esters is 1. The van der Waals surface area contributed by atoms with E-state index in [0.29, 0.717) is 6.61 Å². The maximum Gasteiger partial charge on any atom is 0.310 e. The van der Waals surface area contributed by atoms with Gasteiger partial charge in [-0.25, -0.2) is 0 Å². The molecular weight excluding hydrogens is 204 g/mol. The van der Waals surface area contributed by atoms with Crippen molar-refractivity contribution in [2.75, 3.05) is 6.61 Å². The Labute approximate surface area is 93.4 Å². The Morgan fingerprint density at radius 1 is 1.53 bits per heavy atom. The molecule has 0 aromatic rings. The fourth-order valence-electron chi connectivity index (χ4n) is 1.42. The lowest BCUT2D eigenvalue weighted by Gasteiger charge is -2.06. The quantitative estimate of drug-likeness (QED) is 0.409. The van der Waals surface area contributed by atoms with E-state index < -0.39 is 8.07 Å². The van der Waals surface area contributed by atoms with Crippen molar-refractivity contribution in [2.45, 2.75) is 39.9 Å². The van der Waals surface area contributed by atoms with Crippen molar-refractivity contribution in [2.24, 2.45) is 11.3 Å². The van der Waals surface area contributed by atoms with Gasteiger partial charge in [0.2, 0.25) is 0 Å². The van der Waals surface area contributed by atoms with Gasteiger partial charge in [-0.15, -0.1) is 11.5 Å². The molecule has 15 heavy (non-hydrogen) atoms. The van der Waals surface area contributed by atoms with E-state index in [2.05, 4.69) is 38.0 Å². The summed E-state index contributed by atoms with van der Waals surface area (Å²) in [6, 6.07) is 0. The van der Waals surface area contributed by atoms with E-state index in [-0.39, 0.29) is 17.3 Å². The minimum Gasteiger partial charge on any atom is -0.466 e. The molecule has 0 N–H and O–H groups in total. The predicted octanol–water partition coefficient (Wildman–Crippen LogP) is 2.46. The summed E-state index contributed by atoms with van der Waals surface area (Å²) in [6.45, 7) is 11.0. The minimum absolute atomic E-state index is 0.0151. The van der Waals surface area contributed by atoms with Gasteiger partial charge in [0.25, 0.3) is 0 Å². The molecule has 1 aliphatic rings. The lowest BCUT2D eigenvalue weighted by atomic mass is 10.1. The molecule has 2 atom stereocenters. The van der Waals surface area contributed by atoms with Crippen LogP contribution < -0.4 is 0 Å². The zero-order valence-electron chi connectivity index (χ0n) is 10.3. The van der Waals surface area contributed by atoms with E-state index in [1.54, 1.807) is 0 Å². The number of carbonyl (C=O) groups excluding carboxylic acids is 1. The maximum atomic E-state index is 11.5. The second kappa shape index (κ2) is 4.01. The molecular formula is C12H20O2Si. The van der Waals surface area contributed by atoms with Crippen LogP contribution in [0.15, 0.2) is 0 Å². The monoisotopic (exact) mass is 224 g/mol. The van der Waals surface area contributed by atoms with Crippen LogP contribution in [-0.4, -0.2) is 20.7 Å². The molecule has 84 valence electrons. The number of carbonyl (C=O) groups is 1. The van der Waals surface area contributed by atoms with Crippen LogP contribution in [0.25, 0.3) is 0 Å². The Balaban J connectivity index is 2.59. The smallest absolute Gasteiger partial charge is 0.310 e. The standard InChI is InChI=1S/C12H20O2Si/c1-6-14-11(13)10-9-12(10,2)7-8-15(3,4)5/h10H,6,9H2,1-5H3. The zero-order valence-corrected chi connectivity index (χ0v) is 11.3. The second-order valence-corrected chi connectivity index (χ2v) is 10.2. The molecule has 1 fully saturated rings. The van der Waals surface area contributed by atoms with E-state index in [0.717, 1.165) is 6.42 Å². The SMILES string of the molecule is CCOC(=O)C1CC1(C)C#C[Si](C)(C)C. The van der Waals surface area contributed by atoms with Gasteiger partial charge in [0.05, 0.1) is 12.5 Å². The predicted molar refractivity (Wildman–Crippen MR) is 64.0 cm³/mol. The van der Waals surface area contributed by atoms with Gasteiger partial charge in [0.15, 0.2) is 0 Å². The summed E-state index contributed by atoms with van der Waals surface area (Å²) in [4.78, 5) is 11.5. The van der Waals surface area contributed by atoms with Crippen LogP contribution in [0.3, 0.4) is 0 Å². The lowest BCUT2D eigenvalue weighted by molar-refractivity contribution is -0.145. The number of hydrogen-bond donors (Lipinski definition) is 0. The third-order valence-electron chi connectivity index (χ3n) is 2.53. The van der Waals surface area contributed by atoms with Crippen molar-refractivity contribution in [1.29, 1.82) is 0 Å². The molecule has 0 aromatic carbocycles. The van der Waals surface area contributed by atoms with Crippen LogP contribution >= 0.6 is 0 Å². The van der Waals surface area contributed by atoms with Crippen molar-refractivity contribution >= 4 is 14.0 Å². The largest absolute Gasteiger partial charge is 0.466 e. The molecule has 0 aliphatic heterocycles. The van der Waals surface area contributed by atoms with E-state index >= 15 is 0 Å². The first-order valence-corrected chi connectivity index (χ1v) is 8.99. The molecule has 0 spiro atoms. The molecule has 0 amide bonds. The first kappa shape index (κ1) is 12.3. The highest BCUT2D eigenvalue weighted by molar-refractivity contribution is 6.83. The van der Waals surface area contributed by atoms with Gasteiger partial charge in [-0.2, -0.15) is 0 Å². The van der Waals surface area contributed by atoms with E-state index in [9.17, 15) is 4.79 Å². The van der Waals surface area contributed by atoms with Crippen LogP contribution in [0.4, 0.5) is 0 Å². The highest BCUT2D eigenvalue weighted by Crippen LogP contribution is 2.52. The van der Waals surface area contributed by atoms with Gasteiger partial charge in [-0.05, 0) is 20.3 Å². The third-order valence-corrected chi connectivity index (χ3v) is 3.41. The summed E-state index contributed by atoms with van der Waals surface area (Å²) in [6.07, 6.45) is 0.864. The highest BCUT2D eigenvalue weighted by atomic mass is 28.3. The van der Waals surface area contributed by atoms with Gasteiger partial charge in [-0.3, -0.25) is 4.79 Å². The molecule has 0 aromatic heterocycles. The Bertz CT molecular complexity index is 319. The van der Waals surface area contributed by atoms with E-state index in [4.69, 9.17) is 4.74 Å². The summed E-state index contributed by atoms with van der Waals surface area (Å²) < 4.78 is 5.00. The molecule has 0 radical (unpaired) electrons. The fourth-order valence-corrected chi connectivity index (χ4v) is 2.08. The number of ether oxygens (including phenoxy) is 1. The summed E-state index contributed by atoms with van der Waals surface area (Å²) >= 11 is 0. The molecule has 0 bridgehead atoms. The summed E-state index contributed by atoms with van der Waals surface area (Å²) in [5, 5.41) is 0. The zero-order chi connectivity index (χ0) is 11.7. The molecule has 0 saturated heterocycles. The normalized spacial score (nSPS) is 29.0. The van der Waals surface area contributed by atoms with Gasteiger partial charge < -0.3 is 4.74 Å². The van der Waals surface area contributed by atoms with Crippen molar-refractivity contribution in [1.82, 2.24) is 0 Å². The van der Waals surface area contributed by atoms with Crippen molar-refractivity contribution in [3.63, 3.8) is 0 Å². The second-order valence-electron chi connectivity index (χ2n) is 5.43. The number of hydrogen-bond acceptors (Lipinski definition) is 2. The molecule has 2 nitrogen and oxygen atoms in total. The average Bonchev–Trinajstić information content (AvgIpc) is 2.75. The summed E-state index contributed by atoms with van der Waals surface area (Å²) in [5.74, 6) is 3.21. The molecule has 1 aliphatic carbocycles. The Kier molecular flexibility index (Phi) is 3.30. The average molecular weight is 224 g/mol. The molecule has 1 saturated carbocycles. The van der Waals surface area contributed by atoms with Crippen molar-refractivity contribution < 1.29 is 9.53 Å². The van der Waals surface area contributed by atoms with Crippen molar-refractivity contribution in [3.05, 3.63) is 0 Å². The topological polar surface area (TPSA) is 26.3 Å². The molecule has 2 unspecified atom stereocenters. The van der Waals surface area contributed by atoms with Crippen LogP contribution in [0.5, 0.6) is 0 Å². The fraction of sp³-hybridized carbons (Fsp3) is 0.750. The Hall–Kier alpha value is -0.753. The number of rotatable bonds is 2. The first-order valence-electron chi connectivity index (χ1n) is 5.49. The molecule has 1 rings (SSSR count). The van der Waals surface area contributed by atoms with Gasteiger partial charge in [0.1, 0.15) is 8.07 Å². The van der Waals surface area contributed by atoms with E-state index in [1.807, 2.05) is 6.92 Å². The van der Waals surface area contributed by atoms with E-state index in [1.165, 1.54) is 0 Å². The summed E-state index contributed by atoms with van der Waals surface area (Å²) in [7, 11) is -1.32. The van der Waals surface area contributed by atoms with Crippen LogP contribution in [0, 0.1) is 22.8 Å². The van der Waals surface area contributed by atoms with Crippen molar-refractivity contribution in [3.8, 4) is 11.5 Å². The minimum atomic E-state index is -1.32. The van der Waals surface area contributed by atoms with Gasteiger partial charge >= 0.3 is 5.97 Å². The highest BCUT2D eigenvalue weighted by Gasteiger charge is 2.54. The lowest BCUT2D eigenvalue weighted by Crippen LogP contribution is -2.18. The summed E-state index contributed by atoms with van der Waals surface area (Å²) in [5.41, 5.74) is 3.23. The molecule has 0 heterocycles. The maximum absolute atomic E-state index is 11.5. The van der Waals surface area contributed by atoms with Gasteiger partial charge in [-0.1, -0.05) is 19.6 Å². The third kappa shape index (κ3) is 3.39. The Morgan fingerprint density at radius 2 is 2.13 bits per heavy atom. The molecule has 3 heteroatoms. The van der Waals surface area contributed by atoms with Crippen LogP contribution in [0.2, 0.25) is 19.6 Å². The van der Waals surface area contributed by atoms with Crippen LogP contribution in [-0.2, 0) is 9.53 Å². The Morgan fingerprint density at radius 3 is 2.60 bits per heavy atom. The first-order chi connectivity index (χ1) is 6.78. The van der Waals surface area contributed by atoms with Crippen LogP contribution in [0.1, 0.15) is 20.3 Å². The van der Waals surface area contributed by atoms with Gasteiger partial charge in [0, 0.05) is 5.41 Å².